The predicted octanol–water partition coefficient (Wildman–Crippen LogP) is 5.29. The summed E-state index contributed by atoms with van der Waals surface area (Å²) >= 11 is 3.14. The number of aryl methyl sites for hydroxylation is 2. The summed E-state index contributed by atoms with van der Waals surface area (Å²) in [5.41, 5.74) is 3.30. The van der Waals surface area contributed by atoms with Crippen LogP contribution in [0.3, 0.4) is 0 Å². The maximum Gasteiger partial charge on any atom is 0.256 e. The van der Waals surface area contributed by atoms with Crippen LogP contribution in [0, 0.1) is 13.8 Å². The molecule has 3 aromatic rings. The number of thioether (sulfide) groups is 1. The molecule has 4 rings (SSSR count). The number of anilines is 1. The topological polar surface area (TPSA) is 77.1 Å². The van der Waals surface area contributed by atoms with Crippen LogP contribution in [0.2, 0.25) is 0 Å². The van der Waals surface area contributed by atoms with E-state index >= 15 is 0 Å². The van der Waals surface area contributed by atoms with Crippen LogP contribution in [0.1, 0.15) is 31.7 Å². The number of amides is 2. The van der Waals surface area contributed by atoms with Crippen molar-refractivity contribution in [1.82, 2.24) is 4.90 Å². The molecule has 1 fully saturated rings. The van der Waals surface area contributed by atoms with Crippen molar-refractivity contribution in [1.29, 1.82) is 0 Å². The molecule has 0 spiro atoms. The fourth-order valence-electron chi connectivity index (χ4n) is 4.01. The van der Waals surface area contributed by atoms with E-state index in [9.17, 15) is 9.59 Å². The predicted molar refractivity (Wildman–Crippen MR) is 140 cm³/mol. The van der Waals surface area contributed by atoms with Crippen LogP contribution in [-0.4, -0.2) is 49.8 Å². The molecule has 1 aliphatic heterocycles. The van der Waals surface area contributed by atoms with Crippen LogP contribution in [0.15, 0.2) is 47.8 Å². The molecule has 0 aliphatic carbocycles. The second-order valence-electron chi connectivity index (χ2n) is 8.13. The Balaban J connectivity index is 1.70. The average molecular weight is 513 g/mol. The van der Waals surface area contributed by atoms with E-state index in [0.29, 0.717) is 34.3 Å². The van der Waals surface area contributed by atoms with Gasteiger partial charge in [0.2, 0.25) is 11.7 Å². The van der Waals surface area contributed by atoms with E-state index in [2.05, 4.69) is 5.32 Å². The van der Waals surface area contributed by atoms with E-state index in [4.69, 9.17) is 14.2 Å². The normalized spacial score (nSPS) is 17.2. The number of carbonyl (C=O) groups excluding carboxylic acids is 2. The molecule has 7 nitrogen and oxygen atoms in total. The van der Waals surface area contributed by atoms with Gasteiger partial charge in [-0.05, 0) is 60.7 Å². The molecule has 0 bridgehead atoms. The van der Waals surface area contributed by atoms with Crippen LogP contribution >= 0.6 is 23.1 Å². The second kappa shape index (κ2) is 10.6. The summed E-state index contributed by atoms with van der Waals surface area (Å²) in [6, 6.07) is 12.3. The summed E-state index contributed by atoms with van der Waals surface area (Å²) in [4.78, 5) is 30.0. The van der Waals surface area contributed by atoms with E-state index in [1.165, 1.54) is 21.3 Å². The fraction of sp³-hybridized carbons (Fsp3) is 0.308. The van der Waals surface area contributed by atoms with E-state index in [0.717, 1.165) is 16.0 Å². The van der Waals surface area contributed by atoms with Gasteiger partial charge in [0.25, 0.3) is 5.91 Å². The largest absolute Gasteiger partial charge is 0.493 e. The maximum absolute atomic E-state index is 13.9. The van der Waals surface area contributed by atoms with Gasteiger partial charge in [-0.2, -0.15) is 0 Å². The molecule has 0 radical (unpaired) electrons. The molecule has 184 valence electrons. The van der Waals surface area contributed by atoms with Gasteiger partial charge >= 0.3 is 0 Å². The minimum atomic E-state index is -0.652. The monoisotopic (exact) mass is 512 g/mol. The number of carbonyl (C=O) groups is 2. The smallest absolute Gasteiger partial charge is 0.256 e. The second-order valence-corrected chi connectivity index (χ2v) is 10.2. The van der Waals surface area contributed by atoms with Gasteiger partial charge < -0.3 is 24.4 Å². The molecule has 2 amide bonds. The molecular weight excluding hydrogens is 484 g/mol. The van der Waals surface area contributed by atoms with Crippen molar-refractivity contribution in [2.45, 2.75) is 25.3 Å². The molecule has 2 atom stereocenters. The first-order chi connectivity index (χ1) is 16.9. The Morgan fingerprint density at radius 2 is 1.69 bits per heavy atom. The summed E-state index contributed by atoms with van der Waals surface area (Å²) in [7, 11) is 4.52. The van der Waals surface area contributed by atoms with Gasteiger partial charge in [-0.3, -0.25) is 9.59 Å². The lowest BCUT2D eigenvalue weighted by atomic mass is 10.1. The molecule has 2 heterocycles. The van der Waals surface area contributed by atoms with Crippen molar-refractivity contribution in [3.05, 3.63) is 69.4 Å². The molecule has 1 N–H and O–H groups in total. The van der Waals surface area contributed by atoms with Gasteiger partial charge in [-0.25, -0.2) is 0 Å². The number of nitrogens with zero attached hydrogens (tertiary/aromatic N) is 1. The van der Waals surface area contributed by atoms with Crippen molar-refractivity contribution < 1.29 is 23.8 Å². The van der Waals surface area contributed by atoms with Gasteiger partial charge in [0.15, 0.2) is 11.5 Å². The molecule has 1 saturated heterocycles. The van der Waals surface area contributed by atoms with Gasteiger partial charge in [0.1, 0.15) is 11.4 Å². The average Bonchev–Trinajstić information content (AvgIpc) is 3.55. The zero-order valence-corrected chi connectivity index (χ0v) is 21.9. The van der Waals surface area contributed by atoms with E-state index in [1.54, 1.807) is 40.1 Å². The minimum Gasteiger partial charge on any atom is -0.493 e. The molecule has 2 unspecified atom stereocenters. The van der Waals surface area contributed by atoms with Crippen molar-refractivity contribution in [2.24, 2.45) is 0 Å². The summed E-state index contributed by atoms with van der Waals surface area (Å²) in [5.74, 6) is 1.14. The molecule has 0 saturated carbocycles. The minimum absolute atomic E-state index is 0.222. The first-order valence-electron chi connectivity index (χ1n) is 11.0. The first kappa shape index (κ1) is 24.9. The van der Waals surface area contributed by atoms with E-state index in [-0.39, 0.29) is 17.2 Å². The summed E-state index contributed by atoms with van der Waals surface area (Å²) in [5, 5.41) is 4.70. The molecule has 35 heavy (non-hydrogen) atoms. The van der Waals surface area contributed by atoms with Crippen LogP contribution in [0.4, 0.5) is 5.69 Å². The lowest BCUT2D eigenvalue weighted by molar-refractivity contribution is -0.119. The van der Waals surface area contributed by atoms with E-state index in [1.807, 2.05) is 49.6 Å². The zero-order chi connectivity index (χ0) is 25.1. The summed E-state index contributed by atoms with van der Waals surface area (Å²) in [6.45, 7) is 4.03. The highest BCUT2D eigenvalue weighted by molar-refractivity contribution is 7.99. The Labute approximate surface area is 213 Å². The maximum atomic E-state index is 13.9. The highest BCUT2D eigenvalue weighted by Crippen LogP contribution is 2.45. The van der Waals surface area contributed by atoms with Crippen LogP contribution in [0.5, 0.6) is 17.2 Å². The number of ether oxygens (including phenoxy) is 3. The highest BCUT2D eigenvalue weighted by atomic mass is 32.2. The standard InChI is InChI=1S/C26H28N2O5S2/c1-15-8-9-18(11-16(15)2)27-24(29)19-14-35-26(22-7-6-10-34-22)28(19)25(30)17-12-20(31-3)23(33-5)21(13-17)32-4/h6-13,19,26H,14H2,1-5H3,(H,27,29). The molecule has 2 aromatic carbocycles. The number of benzene rings is 2. The van der Waals surface area contributed by atoms with E-state index < -0.39 is 6.04 Å². The number of nitrogens with one attached hydrogen (secondary N) is 1. The quantitative estimate of drug-likeness (QED) is 0.464. The molecule has 9 heteroatoms. The van der Waals surface area contributed by atoms with Crippen molar-refractivity contribution in [3.63, 3.8) is 0 Å². The third kappa shape index (κ3) is 4.97. The number of hydrogen-bond acceptors (Lipinski definition) is 7. The number of methoxy groups -OCH3 is 3. The Kier molecular flexibility index (Phi) is 7.57. The van der Waals surface area contributed by atoms with Gasteiger partial charge in [-0.1, -0.05) is 12.1 Å². The molecular formula is C26H28N2O5S2. The fourth-order valence-corrected chi connectivity index (χ4v) is 6.40. The first-order valence-corrected chi connectivity index (χ1v) is 13.0. The molecule has 1 aromatic heterocycles. The van der Waals surface area contributed by atoms with Gasteiger partial charge in [-0.15, -0.1) is 23.1 Å². The summed E-state index contributed by atoms with van der Waals surface area (Å²) in [6.07, 6.45) is 0. The number of hydrogen-bond donors (Lipinski definition) is 1. The van der Waals surface area contributed by atoms with Crippen LogP contribution in [-0.2, 0) is 4.79 Å². The van der Waals surface area contributed by atoms with Crippen LogP contribution < -0.4 is 19.5 Å². The highest BCUT2D eigenvalue weighted by Gasteiger charge is 2.43. The summed E-state index contributed by atoms with van der Waals surface area (Å²) < 4.78 is 16.3. The van der Waals surface area contributed by atoms with Crippen molar-refractivity contribution in [3.8, 4) is 17.2 Å². The van der Waals surface area contributed by atoms with Crippen molar-refractivity contribution >= 4 is 40.6 Å². The Bertz CT molecular complexity index is 1200. The lowest BCUT2D eigenvalue weighted by Crippen LogP contribution is -2.45. The lowest BCUT2D eigenvalue weighted by Gasteiger charge is -2.29. The van der Waals surface area contributed by atoms with Crippen LogP contribution in [0.25, 0.3) is 0 Å². The molecule has 1 aliphatic rings. The Hall–Kier alpha value is -3.17. The third-order valence-corrected chi connectivity index (χ3v) is 8.39. The van der Waals surface area contributed by atoms with Gasteiger partial charge in [0, 0.05) is 21.9 Å². The Morgan fingerprint density at radius 3 is 2.26 bits per heavy atom. The third-order valence-electron chi connectivity index (χ3n) is 6.01. The number of thiophene rings is 1. The Morgan fingerprint density at radius 1 is 0.971 bits per heavy atom. The SMILES string of the molecule is COc1cc(C(=O)N2C(C(=O)Nc3ccc(C)c(C)c3)CSC2c2cccs2)cc(OC)c1OC. The zero-order valence-electron chi connectivity index (χ0n) is 20.3. The van der Waals surface area contributed by atoms with Crippen molar-refractivity contribution in [2.75, 3.05) is 32.4 Å². The van der Waals surface area contributed by atoms with Gasteiger partial charge in [0.05, 0.1) is 21.3 Å². The number of rotatable bonds is 7.